The lowest BCUT2D eigenvalue weighted by Gasteiger charge is -2.10. The highest BCUT2D eigenvalue weighted by Gasteiger charge is 2.05. The Balaban J connectivity index is 2.26. The number of halogens is 1. The Morgan fingerprint density at radius 2 is 2.19 bits per heavy atom. The lowest BCUT2D eigenvalue weighted by atomic mass is 10.2. The van der Waals surface area contributed by atoms with Crippen molar-refractivity contribution < 1.29 is 4.74 Å². The minimum Gasteiger partial charge on any atom is -0.496 e. The largest absolute Gasteiger partial charge is 0.496 e. The number of imidazole rings is 1. The fourth-order valence-corrected chi connectivity index (χ4v) is 1.85. The van der Waals surface area contributed by atoms with Gasteiger partial charge in [-0.1, -0.05) is 18.2 Å². The van der Waals surface area contributed by atoms with E-state index >= 15 is 0 Å². The summed E-state index contributed by atoms with van der Waals surface area (Å²) < 4.78 is 7.32. The van der Waals surface area contributed by atoms with Crippen LogP contribution >= 0.6 is 11.6 Å². The van der Waals surface area contributed by atoms with Crippen molar-refractivity contribution in [2.45, 2.75) is 12.4 Å². The van der Waals surface area contributed by atoms with Gasteiger partial charge in [0.25, 0.3) is 0 Å². The maximum absolute atomic E-state index is 5.80. The van der Waals surface area contributed by atoms with Crippen molar-refractivity contribution in [2.75, 3.05) is 7.11 Å². The fourth-order valence-electron chi connectivity index (χ4n) is 1.63. The molecule has 0 atom stereocenters. The Hall–Kier alpha value is -1.48. The van der Waals surface area contributed by atoms with E-state index in [9.17, 15) is 0 Å². The smallest absolute Gasteiger partial charge is 0.123 e. The molecule has 0 saturated heterocycles. The third kappa shape index (κ3) is 2.19. The fraction of sp³-hybridized carbons (Fsp3) is 0.250. The van der Waals surface area contributed by atoms with E-state index in [0.29, 0.717) is 5.88 Å². The van der Waals surface area contributed by atoms with E-state index in [4.69, 9.17) is 16.3 Å². The van der Waals surface area contributed by atoms with Crippen LogP contribution in [0.4, 0.5) is 0 Å². The molecule has 0 spiro atoms. The van der Waals surface area contributed by atoms with Gasteiger partial charge in [0.1, 0.15) is 11.6 Å². The lowest BCUT2D eigenvalue weighted by Crippen LogP contribution is -2.04. The zero-order chi connectivity index (χ0) is 11.4. The molecule has 0 aliphatic rings. The summed E-state index contributed by atoms with van der Waals surface area (Å²) in [4.78, 5) is 4.18. The topological polar surface area (TPSA) is 27.1 Å². The number of benzene rings is 1. The van der Waals surface area contributed by atoms with Gasteiger partial charge < -0.3 is 9.30 Å². The van der Waals surface area contributed by atoms with E-state index in [2.05, 4.69) is 4.98 Å². The van der Waals surface area contributed by atoms with Crippen molar-refractivity contribution >= 4 is 11.6 Å². The van der Waals surface area contributed by atoms with E-state index < -0.39 is 0 Å². The Kier molecular flexibility index (Phi) is 3.47. The molecule has 16 heavy (non-hydrogen) atoms. The van der Waals surface area contributed by atoms with Gasteiger partial charge in [-0.25, -0.2) is 4.98 Å². The SMILES string of the molecule is COc1ccccc1Cn1ccnc1CCl. The van der Waals surface area contributed by atoms with E-state index in [1.54, 1.807) is 13.3 Å². The van der Waals surface area contributed by atoms with Gasteiger partial charge in [-0.15, -0.1) is 11.6 Å². The summed E-state index contributed by atoms with van der Waals surface area (Å²) in [7, 11) is 1.68. The first kappa shape index (κ1) is 11.0. The Bertz CT molecular complexity index is 468. The number of aromatic nitrogens is 2. The molecular weight excluding hydrogens is 224 g/mol. The molecule has 0 amide bonds. The van der Waals surface area contributed by atoms with E-state index in [1.165, 1.54) is 0 Å². The van der Waals surface area contributed by atoms with Crippen LogP contribution in [0.2, 0.25) is 0 Å². The predicted molar refractivity (Wildman–Crippen MR) is 63.9 cm³/mol. The number of rotatable bonds is 4. The molecule has 0 fully saturated rings. The summed E-state index contributed by atoms with van der Waals surface area (Å²) in [5, 5.41) is 0. The molecule has 84 valence electrons. The predicted octanol–water partition coefficient (Wildman–Crippen LogP) is 2.68. The lowest BCUT2D eigenvalue weighted by molar-refractivity contribution is 0.408. The highest BCUT2D eigenvalue weighted by atomic mass is 35.5. The van der Waals surface area contributed by atoms with Crippen LogP contribution in [0.3, 0.4) is 0 Å². The summed E-state index contributed by atoms with van der Waals surface area (Å²) >= 11 is 5.80. The molecule has 0 aliphatic heterocycles. The molecule has 3 nitrogen and oxygen atoms in total. The average molecular weight is 237 g/mol. The quantitative estimate of drug-likeness (QED) is 0.764. The summed E-state index contributed by atoms with van der Waals surface area (Å²) in [6, 6.07) is 7.94. The second kappa shape index (κ2) is 5.03. The zero-order valence-corrected chi connectivity index (χ0v) is 9.81. The van der Waals surface area contributed by atoms with Crippen molar-refractivity contribution in [3.8, 4) is 5.75 Å². The van der Waals surface area contributed by atoms with Gasteiger partial charge in [0.05, 0.1) is 19.5 Å². The van der Waals surface area contributed by atoms with Crippen LogP contribution in [0.25, 0.3) is 0 Å². The number of para-hydroxylation sites is 1. The normalized spacial score (nSPS) is 10.4. The first-order valence-electron chi connectivity index (χ1n) is 5.03. The zero-order valence-electron chi connectivity index (χ0n) is 9.06. The average Bonchev–Trinajstić information content (AvgIpc) is 2.77. The summed E-state index contributed by atoms with van der Waals surface area (Å²) in [6.07, 6.45) is 3.68. The minimum absolute atomic E-state index is 0.419. The number of hydrogen-bond acceptors (Lipinski definition) is 2. The molecule has 2 aromatic rings. The third-order valence-corrected chi connectivity index (χ3v) is 2.69. The molecule has 1 aromatic heterocycles. The van der Waals surface area contributed by atoms with Crippen LogP contribution in [0.15, 0.2) is 36.7 Å². The molecule has 4 heteroatoms. The molecule has 0 bridgehead atoms. The second-order valence-corrected chi connectivity index (χ2v) is 3.68. The summed E-state index contributed by atoms with van der Waals surface area (Å²) in [5.74, 6) is 2.17. The molecule has 0 N–H and O–H groups in total. The number of methoxy groups -OCH3 is 1. The van der Waals surface area contributed by atoms with Crippen LogP contribution in [0, 0.1) is 0 Å². The first-order chi connectivity index (χ1) is 7.85. The van der Waals surface area contributed by atoms with Crippen molar-refractivity contribution in [1.29, 1.82) is 0 Å². The number of alkyl halides is 1. The maximum atomic E-state index is 5.80. The highest BCUT2D eigenvalue weighted by Crippen LogP contribution is 2.19. The molecule has 0 aliphatic carbocycles. The summed E-state index contributed by atoms with van der Waals surface area (Å²) in [5.41, 5.74) is 1.12. The van der Waals surface area contributed by atoms with Gasteiger partial charge in [0.2, 0.25) is 0 Å². The van der Waals surface area contributed by atoms with Gasteiger partial charge in [-0.3, -0.25) is 0 Å². The number of hydrogen-bond donors (Lipinski definition) is 0. The van der Waals surface area contributed by atoms with Crippen LogP contribution in [-0.2, 0) is 12.4 Å². The third-order valence-electron chi connectivity index (χ3n) is 2.45. The molecule has 1 aromatic carbocycles. The Labute approximate surface area is 99.6 Å². The molecular formula is C12H13ClN2O. The van der Waals surface area contributed by atoms with Gasteiger partial charge in [0.15, 0.2) is 0 Å². The molecule has 0 radical (unpaired) electrons. The van der Waals surface area contributed by atoms with Crippen molar-refractivity contribution in [2.24, 2.45) is 0 Å². The van der Waals surface area contributed by atoms with Crippen LogP contribution in [0.1, 0.15) is 11.4 Å². The molecule has 0 unspecified atom stereocenters. The standard InChI is InChI=1S/C12H13ClN2O/c1-16-11-5-3-2-4-10(11)9-15-7-6-14-12(15)8-13/h2-7H,8-9H2,1H3. The number of nitrogens with zero attached hydrogens (tertiary/aromatic N) is 2. The van der Waals surface area contributed by atoms with Crippen LogP contribution in [0.5, 0.6) is 5.75 Å². The molecule has 2 rings (SSSR count). The second-order valence-electron chi connectivity index (χ2n) is 3.42. The van der Waals surface area contributed by atoms with Gasteiger partial charge in [-0.2, -0.15) is 0 Å². The van der Waals surface area contributed by atoms with Gasteiger partial charge in [0, 0.05) is 18.0 Å². The maximum Gasteiger partial charge on any atom is 0.123 e. The van der Waals surface area contributed by atoms with Crippen molar-refractivity contribution in [1.82, 2.24) is 9.55 Å². The van der Waals surface area contributed by atoms with Gasteiger partial charge in [-0.05, 0) is 6.07 Å². The number of ether oxygens (including phenoxy) is 1. The van der Waals surface area contributed by atoms with Crippen LogP contribution < -0.4 is 4.74 Å². The van der Waals surface area contributed by atoms with Crippen molar-refractivity contribution in [3.63, 3.8) is 0 Å². The first-order valence-corrected chi connectivity index (χ1v) is 5.56. The molecule has 0 saturated carbocycles. The minimum atomic E-state index is 0.419. The van der Waals surface area contributed by atoms with Gasteiger partial charge >= 0.3 is 0 Å². The monoisotopic (exact) mass is 236 g/mol. The Morgan fingerprint density at radius 3 is 2.94 bits per heavy atom. The Morgan fingerprint density at radius 1 is 1.38 bits per heavy atom. The van der Waals surface area contributed by atoms with Crippen molar-refractivity contribution in [3.05, 3.63) is 48.0 Å². The van der Waals surface area contributed by atoms with E-state index in [1.807, 2.05) is 35.0 Å². The van der Waals surface area contributed by atoms with E-state index in [0.717, 1.165) is 23.7 Å². The summed E-state index contributed by atoms with van der Waals surface area (Å²) in [6.45, 7) is 0.728. The highest BCUT2D eigenvalue weighted by molar-refractivity contribution is 6.16. The van der Waals surface area contributed by atoms with E-state index in [-0.39, 0.29) is 0 Å². The molecule has 1 heterocycles. The van der Waals surface area contributed by atoms with Crippen LogP contribution in [-0.4, -0.2) is 16.7 Å².